The Morgan fingerprint density at radius 2 is 2.07 bits per heavy atom. The number of nitrogens with zero attached hydrogens (tertiary/aromatic N) is 1. The maximum atomic E-state index is 11.1. The van der Waals surface area contributed by atoms with Crippen LogP contribution in [0.1, 0.15) is 19.8 Å². The summed E-state index contributed by atoms with van der Waals surface area (Å²) in [5.41, 5.74) is 0. The average Bonchev–Trinajstić information content (AvgIpc) is 2.57. The summed E-state index contributed by atoms with van der Waals surface area (Å²) < 4.78 is 5.00. The van der Waals surface area contributed by atoms with Gasteiger partial charge in [-0.15, -0.1) is 0 Å². The summed E-state index contributed by atoms with van der Waals surface area (Å²) in [6, 6.07) is -0.377. The van der Waals surface area contributed by atoms with Crippen LogP contribution >= 0.6 is 0 Å². The van der Waals surface area contributed by atoms with Gasteiger partial charge in [0.1, 0.15) is 6.04 Å². The Morgan fingerprint density at radius 1 is 1.50 bits per heavy atom. The highest BCUT2D eigenvalue weighted by atomic mass is 16.5. The normalized spacial score (nSPS) is 22.1. The number of hydrogen-bond donors (Lipinski definition) is 1. The number of carbonyl (C=O) groups is 1. The fourth-order valence-corrected chi connectivity index (χ4v) is 2.13. The minimum atomic E-state index is -0.726. The Bertz CT molecular complexity index is 190. The third-order valence-corrected chi connectivity index (χ3v) is 2.76. The second-order valence-electron chi connectivity index (χ2n) is 3.96. The maximum Gasteiger partial charge on any atom is 0.321 e. The number of hydrogen-bond acceptors (Lipinski definition) is 3. The topological polar surface area (TPSA) is 49.8 Å². The van der Waals surface area contributed by atoms with E-state index < -0.39 is 5.97 Å². The van der Waals surface area contributed by atoms with Crippen LogP contribution in [0.5, 0.6) is 0 Å². The molecule has 1 N–H and O–H groups in total. The van der Waals surface area contributed by atoms with Crippen molar-refractivity contribution in [3.63, 3.8) is 0 Å². The number of methoxy groups -OCH3 is 1. The van der Waals surface area contributed by atoms with E-state index in [-0.39, 0.29) is 12.0 Å². The first-order valence-corrected chi connectivity index (χ1v) is 5.12. The van der Waals surface area contributed by atoms with Crippen LogP contribution in [-0.4, -0.2) is 48.8 Å². The predicted octanol–water partition coefficient (Wildman–Crippen LogP) is 0.818. The fourth-order valence-electron chi connectivity index (χ4n) is 2.13. The summed E-state index contributed by atoms with van der Waals surface area (Å²) >= 11 is 0. The standard InChI is InChI=1S/C10H19NO3/c1-8(7-14-2)9(10(12)13)11-5-3-4-6-11/h8-9H,3-7H2,1-2H3,(H,12,13). The van der Waals surface area contributed by atoms with Gasteiger partial charge in [0.05, 0.1) is 6.61 Å². The summed E-state index contributed by atoms with van der Waals surface area (Å²) in [6.07, 6.45) is 2.23. The molecule has 1 rings (SSSR count). The molecular weight excluding hydrogens is 182 g/mol. The van der Waals surface area contributed by atoms with Crippen molar-refractivity contribution in [3.05, 3.63) is 0 Å². The Balaban J connectivity index is 2.57. The lowest BCUT2D eigenvalue weighted by atomic mass is 10.0. The van der Waals surface area contributed by atoms with E-state index in [0.29, 0.717) is 6.61 Å². The third-order valence-electron chi connectivity index (χ3n) is 2.76. The lowest BCUT2D eigenvalue weighted by molar-refractivity contribution is -0.145. The summed E-state index contributed by atoms with van der Waals surface area (Å²) in [6.45, 7) is 4.25. The second-order valence-corrected chi connectivity index (χ2v) is 3.96. The Kier molecular flexibility index (Phi) is 4.35. The van der Waals surface area contributed by atoms with Crippen LogP contribution in [0.25, 0.3) is 0 Å². The molecule has 0 aliphatic carbocycles. The van der Waals surface area contributed by atoms with Gasteiger partial charge in [-0.3, -0.25) is 9.69 Å². The monoisotopic (exact) mass is 201 g/mol. The molecule has 2 unspecified atom stereocenters. The van der Waals surface area contributed by atoms with Crippen molar-refractivity contribution in [2.75, 3.05) is 26.8 Å². The lowest BCUT2D eigenvalue weighted by Crippen LogP contribution is -2.45. The molecule has 2 atom stereocenters. The number of carboxylic acid groups (broad SMARTS) is 1. The highest BCUT2D eigenvalue weighted by Crippen LogP contribution is 2.18. The fraction of sp³-hybridized carbons (Fsp3) is 0.900. The highest BCUT2D eigenvalue weighted by Gasteiger charge is 2.32. The zero-order valence-corrected chi connectivity index (χ0v) is 8.90. The number of rotatable bonds is 5. The van der Waals surface area contributed by atoms with E-state index >= 15 is 0 Å². The Morgan fingerprint density at radius 3 is 2.50 bits per heavy atom. The molecule has 0 spiro atoms. The zero-order chi connectivity index (χ0) is 10.6. The van der Waals surface area contributed by atoms with E-state index in [4.69, 9.17) is 9.84 Å². The molecular formula is C10H19NO3. The molecule has 1 aliphatic rings. The molecule has 0 saturated carbocycles. The summed E-state index contributed by atoms with van der Waals surface area (Å²) in [5, 5.41) is 9.13. The van der Waals surface area contributed by atoms with Gasteiger partial charge in [0.15, 0.2) is 0 Å². The third kappa shape index (κ3) is 2.69. The molecule has 1 fully saturated rings. The van der Waals surface area contributed by atoms with Crippen LogP contribution in [0.2, 0.25) is 0 Å². The molecule has 1 aliphatic heterocycles. The zero-order valence-electron chi connectivity index (χ0n) is 8.90. The summed E-state index contributed by atoms with van der Waals surface area (Å²) in [7, 11) is 1.61. The van der Waals surface area contributed by atoms with Crippen LogP contribution in [-0.2, 0) is 9.53 Å². The SMILES string of the molecule is COCC(C)C(C(=O)O)N1CCCC1. The summed E-state index contributed by atoms with van der Waals surface area (Å²) in [5.74, 6) is -0.674. The van der Waals surface area contributed by atoms with Crippen LogP contribution in [0.3, 0.4) is 0 Å². The van der Waals surface area contributed by atoms with Gasteiger partial charge in [-0.05, 0) is 25.9 Å². The molecule has 4 heteroatoms. The minimum absolute atomic E-state index is 0.0515. The highest BCUT2D eigenvalue weighted by molar-refractivity contribution is 5.73. The molecule has 82 valence electrons. The van der Waals surface area contributed by atoms with E-state index in [0.717, 1.165) is 25.9 Å². The van der Waals surface area contributed by atoms with E-state index in [1.807, 2.05) is 11.8 Å². The van der Waals surface area contributed by atoms with E-state index in [1.54, 1.807) is 7.11 Å². The van der Waals surface area contributed by atoms with E-state index in [1.165, 1.54) is 0 Å². The lowest BCUT2D eigenvalue weighted by Gasteiger charge is -2.28. The predicted molar refractivity (Wildman–Crippen MR) is 53.3 cm³/mol. The molecule has 0 aromatic carbocycles. The molecule has 0 aromatic heterocycles. The van der Waals surface area contributed by atoms with E-state index in [2.05, 4.69) is 0 Å². The number of carboxylic acids is 1. The molecule has 1 heterocycles. The molecule has 4 nitrogen and oxygen atoms in total. The van der Waals surface area contributed by atoms with Crippen LogP contribution in [0.15, 0.2) is 0 Å². The first-order valence-electron chi connectivity index (χ1n) is 5.12. The second kappa shape index (κ2) is 5.32. The molecule has 0 amide bonds. The number of ether oxygens (including phenoxy) is 1. The Hall–Kier alpha value is -0.610. The number of aliphatic carboxylic acids is 1. The van der Waals surface area contributed by atoms with E-state index in [9.17, 15) is 4.79 Å². The smallest absolute Gasteiger partial charge is 0.321 e. The van der Waals surface area contributed by atoms with Crippen molar-refractivity contribution in [1.82, 2.24) is 4.90 Å². The largest absolute Gasteiger partial charge is 0.480 e. The molecule has 0 radical (unpaired) electrons. The van der Waals surface area contributed by atoms with Crippen LogP contribution in [0.4, 0.5) is 0 Å². The molecule has 0 aromatic rings. The van der Waals surface area contributed by atoms with Gasteiger partial charge in [0.2, 0.25) is 0 Å². The van der Waals surface area contributed by atoms with Crippen molar-refractivity contribution >= 4 is 5.97 Å². The van der Waals surface area contributed by atoms with Gasteiger partial charge < -0.3 is 9.84 Å². The minimum Gasteiger partial charge on any atom is -0.480 e. The molecule has 0 bridgehead atoms. The van der Waals surface area contributed by atoms with Gasteiger partial charge in [0, 0.05) is 13.0 Å². The van der Waals surface area contributed by atoms with Crippen molar-refractivity contribution in [2.24, 2.45) is 5.92 Å². The van der Waals surface area contributed by atoms with Crippen molar-refractivity contribution in [2.45, 2.75) is 25.8 Å². The first-order chi connectivity index (χ1) is 6.66. The van der Waals surface area contributed by atoms with Gasteiger partial charge in [-0.1, -0.05) is 6.92 Å². The average molecular weight is 201 g/mol. The Labute approximate surface area is 84.8 Å². The van der Waals surface area contributed by atoms with Gasteiger partial charge in [0.25, 0.3) is 0 Å². The summed E-state index contributed by atoms with van der Waals surface area (Å²) in [4.78, 5) is 13.2. The van der Waals surface area contributed by atoms with Gasteiger partial charge in [-0.25, -0.2) is 0 Å². The maximum absolute atomic E-state index is 11.1. The van der Waals surface area contributed by atoms with Crippen molar-refractivity contribution in [3.8, 4) is 0 Å². The van der Waals surface area contributed by atoms with Crippen molar-refractivity contribution < 1.29 is 14.6 Å². The van der Waals surface area contributed by atoms with Gasteiger partial charge in [-0.2, -0.15) is 0 Å². The van der Waals surface area contributed by atoms with Gasteiger partial charge >= 0.3 is 5.97 Å². The van der Waals surface area contributed by atoms with Crippen LogP contribution in [0, 0.1) is 5.92 Å². The van der Waals surface area contributed by atoms with Crippen LogP contribution < -0.4 is 0 Å². The molecule has 1 saturated heterocycles. The first kappa shape index (κ1) is 11.5. The quantitative estimate of drug-likeness (QED) is 0.715. The number of likely N-dealkylation sites (tertiary alicyclic amines) is 1. The van der Waals surface area contributed by atoms with Crippen molar-refractivity contribution in [1.29, 1.82) is 0 Å². The molecule has 14 heavy (non-hydrogen) atoms.